The summed E-state index contributed by atoms with van der Waals surface area (Å²) in [6.07, 6.45) is 2.88. The van der Waals surface area contributed by atoms with E-state index in [1.54, 1.807) is 17.3 Å². The number of aromatic nitrogens is 2. The van der Waals surface area contributed by atoms with Crippen LogP contribution >= 0.6 is 11.3 Å². The lowest BCUT2D eigenvalue weighted by atomic mass is 9.97. The normalized spacial score (nSPS) is 22.0. The van der Waals surface area contributed by atoms with Crippen molar-refractivity contribution in [3.8, 4) is 10.4 Å². The van der Waals surface area contributed by atoms with Gasteiger partial charge in [-0.3, -0.25) is 9.89 Å². The first-order chi connectivity index (χ1) is 11.5. The predicted octanol–water partition coefficient (Wildman–Crippen LogP) is 1.89. The van der Waals surface area contributed by atoms with Crippen molar-refractivity contribution in [1.29, 1.82) is 0 Å². The monoisotopic (exact) mass is 354 g/mol. The summed E-state index contributed by atoms with van der Waals surface area (Å²) >= 11 is 1.24. The number of carbonyl (C=O) groups excluding carboxylic acids is 1. The molecule has 2 aliphatic heterocycles. The first-order valence-corrected chi connectivity index (χ1v) is 8.37. The van der Waals surface area contributed by atoms with E-state index in [4.69, 9.17) is 4.74 Å². The summed E-state index contributed by atoms with van der Waals surface area (Å²) in [7, 11) is 1.53. The number of alkyl halides is 2. The molecule has 0 radical (unpaired) electrons. The number of halogens is 2. The lowest BCUT2D eigenvalue weighted by Gasteiger charge is -2.35. The van der Waals surface area contributed by atoms with Gasteiger partial charge in [0, 0.05) is 42.3 Å². The molecule has 2 N–H and O–H groups in total. The summed E-state index contributed by atoms with van der Waals surface area (Å²) in [5.74, 6) is -3.07. The molecule has 0 fully saturated rings. The number of thiophene rings is 1. The van der Waals surface area contributed by atoms with Crippen molar-refractivity contribution in [2.75, 3.05) is 31.7 Å². The molecule has 0 saturated carbocycles. The lowest BCUT2D eigenvalue weighted by Crippen LogP contribution is -2.49. The quantitative estimate of drug-likeness (QED) is 0.883. The summed E-state index contributed by atoms with van der Waals surface area (Å²) in [6.45, 7) is 0.202. The summed E-state index contributed by atoms with van der Waals surface area (Å²) in [5.41, 5.74) is 1.89. The van der Waals surface area contributed by atoms with Crippen molar-refractivity contribution in [3.63, 3.8) is 0 Å². The molecule has 4 heterocycles. The van der Waals surface area contributed by atoms with E-state index in [2.05, 4.69) is 15.5 Å². The van der Waals surface area contributed by atoms with Crippen molar-refractivity contribution in [2.24, 2.45) is 0 Å². The maximum Gasteiger partial charge on any atom is 0.269 e. The molecular formula is C15H16F2N4O2S. The fraction of sp³-hybridized carbons (Fsp3) is 0.467. The Bertz CT molecular complexity index is 775. The zero-order valence-electron chi connectivity index (χ0n) is 12.9. The Balaban J connectivity index is 1.85. The Kier molecular flexibility index (Phi) is 3.57. The third kappa shape index (κ3) is 2.48. The Morgan fingerprint density at radius 3 is 3.04 bits per heavy atom. The van der Waals surface area contributed by atoms with Crippen LogP contribution in [0.25, 0.3) is 10.4 Å². The number of hydrogen-bond donors (Lipinski definition) is 2. The topological polar surface area (TPSA) is 70.2 Å². The molecule has 0 unspecified atom stereocenters. The second-order valence-corrected chi connectivity index (χ2v) is 7.13. The molecule has 0 bridgehead atoms. The van der Waals surface area contributed by atoms with E-state index in [1.807, 2.05) is 0 Å². The van der Waals surface area contributed by atoms with Crippen LogP contribution < -0.4 is 10.2 Å². The van der Waals surface area contributed by atoms with Gasteiger partial charge in [0.2, 0.25) is 0 Å². The van der Waals surface area contributed by atoms with Gasteiger partial charge in [-0.1, -0.05) is 0 Å². The highest BCUT2D eigenvalue weighted by Gasteiger charge is 2.44. The van der Waals surface area contributed by atoms with Gasteiger partial charge in [0.1, 0.15) is 4.88 Å². The summed E-state index contributed by atoms with van der Waals surface area (Å²) < 4.78 is 33.7. The Labute approximate surface area is 140 Å². The molecule has 1 amide bonds. The number of nitrogens with one attached hydrogen (secondary N) is 2. The molecule has 4 rings (SSSR count). The van der Waals surface area contributed by atoms with Gasteiger partial charge in [0.25, 0.3) is 11.8 Å². The number of rotatable bonds is 3. The SMILES string of the molecule is COC[C@H]1CN2CC(F)(F)Cc3c(-c4cn[nH]c4)sc(c32)C(=O)N1. The zero-order valence-corrected chi connectivity index (χ0v) is 13.8. The van der Waals surface area contributed by atoms with Crippen LogP contribution in [0.5, 0.6) is 0 Å². The molecule has 2 aromatic heterocycles. The number of carbonyl (C=O) groups is 1. The number of amides is 1. The third-order valence-electron chi connectivity index (χ3n) is 4.26. The first-order valence-electron chi connectivity index (χ1n) is 7.56. The van der Waals surface area contributed by atoms with Gasteiger partial charge in [0.15, 0.2) is 0 Å². The van der Waals surface area contributed by atoms with Crippen molar-refractivity contribution >= 4 is 22.9 Å². The minimum Gasteiger partial charge on any atom is -0.382 e. The fourth-order valence-electron chi connectivity index (χ4n) is 3.40. The number of aromatic amines is 1. The van der Waals surface area contributed by atoms with E-state index in [9.17, 15) is 13.6 Å². The highest BCUT2D eigenvalue weighted by molar-refractivity contribution is 7.18. The van der Waals surface area contributed by atoms with Gasteiger partial charge >= 0.3 is 0 Å². The van der Waals surface area contributed by atoms with Crippen molar-refractivity contribution in [3.05, 3.63) is 22.8 Å². The molecule has 24 heavy (non-hydrogen) atoms. The van der Waals surface area contributed by atoms with Gasteiger partial charge < -0.3 is 15.0 Å². The van der Waals surface area contributed by atoms with E-state index in [0.29, 0.717) is 27.5 Å². The minimum atomic E-state index is -2.84. The van der Waals surface area contributed by atoms with E-state index in [-0.39, 0.29) is 31.5 Å². The van der Waals surface area contributed by atoms with Crippen molar-refractivity contribution in [1.82, 2.24) is 15.5 Å². The Morgan fingerprint density at radius 1 is 1.50 bits per heavy atom. The van der Waals surface area contributed by atoms with Crippen LogP contribution in [0.4, 0.5) is 14.5 Å². The minimum absolute atomic E-state index is 0.235. The Morgan fingerprint density at radius 2 is 2.33 bits per heavy atom. The highest BCUT2D eigenvalue weighted by Crippen LogP contribution is 2.48. The maximum absolute atomic E-state index is 14.3. The molecule has 2 aliphatic rings. The molecule has 128 valence electrons. The zero-order chi connectivity index (χ0) is 16.9. The number of methoxy groups -OCH3 is 1. The summed E-state index contributed by atoms with van der Waals surface area (Å²) in [6, 6.07) is -0.318. The van der Waals surface area contributed by atoms with E-state index in [1.165, 1.54) is 18.4 Å². The van der Waals surface area contributed by atoms with E-state index < -0.39 is 5.92 Å². The summed E-state index contributed by atoms with van der Waals surface area (Å²) in [5, 5.41) is 9.46. The largest absolute Gasteiger partial charge is 0.382 e. The van der Waals surface area contributed by atoms with Gasteiger partial charge in [-0.25, -0.2) is 8.78 Å². The predicted molar refractivity (Wildman–Crippen MR) is 85.9 cm³/mol. The highest BCUT2D eigenvalue weighted by atomic mass is 32.1. The molecule has 0 aromatic carbocycles. The number of hydrogen-bond acceptors (Lipinski definition) is 5. The molecule has 0 aliphatic carbocycles. The van der Waals surface area contributed by atoms with Crippen LogP contribution in [0, 0.1) is 0 Å². The van der Waals surface area contributed by atoms with Gasteiger partial charge in [0.05, 0.1) is 31.1 Å². The molecule has 0 spiro atoms. The maximum atomic E-state index is 14.3. The first kappa shape index (κ1) is 15.5. The van der Waals surface area contributed by atoms with Crippen LogP contribution in [0.3, 0.4) is 0 Å². The number of H-pyrrole nitrogens is 1. The number of anilines is 1. The fourth-order valence-corrected chi connectivity index (χ4v) is 4.63. The van der Waals surface area contributed by atoms with E-state index in [0.717, 1.165) is 5.56 Å². The molecule has 1 atom stereocenters. The molecular weight excluding hydrogens is 338 g/mol. The molecule has 6 nitrogen and oxygen atoms in total. The van der Waals surface area contributed by atoms with Gasteiger partial charge in [-0.15, -0.1) is 11.3 Å². The third-order valence-corrected chi connectivity index (χ3v) is 5.53. The van der Waals surface area contributed by atoms with E-state index >= 15 is 0 Å². The second-order valence-electron chi connectivity index (χ2n) is 6.11. The molecule has 0 saturated heterocycles. The van der Waals surface area contributed by atoms with Gasteiger partial charge in [-0.2, -0.15) is 5.10 Å². The number of nitrogens with zero attached hydrogens (tertiary/aromatic N) is 2. The van der Waals surface area contributed by atoms with Crippen molar-refractivity contribution in [2.45, 2.75) is 18.4 Å². The number of ether oxygens (including phenoxy) is 1. The smallest absolute Gasteiger partial charge is 0.269 e. The second kappa shape index (κ2) is 5.52. The van der Waals surface area contributed by atoms with Crippen LogP contribution in [-0.2, 0) is 11.2 Å². The van der Waals surface area contributed by atoms with Crippen LogP contribution in [0.15, 0.2) is 12.4 Å². The van der Waals surface area contributed by atoms with Gasteiger partial charge in [-0.05, 0) is 0 Å². The average molecular weight is 354 g/mol. The summed E-state index contributed by atoms with van der Waals surface area (Å²) in [4.78, 5) is 15.4. The lowest BCUT2D eigenvalue weighted by molar-refractivity contribution is 0.00507. The van der Waals surface area contributed by atoms with Crippen LogP contribution in [0.2, 0.25) is 0 Å². The molecule has 9 heteroatoms. The van der Waals surface area contributed by atoms with Crippen LogP contribution in [-0.4, -0.2) is 54.9 Å². The van der Waals surface area contributed by atoms with Crippen LogP contribution in [0.1, 0.15) is 15.2 Å². The standard InChI is InChI=1S/C15H16F2N4O2S/c1-23-6-9-5-21-7-15(16,17)2-10-11(21)13(14(22)20-9)24-12(10)8-3-18-19-4-8/h3-4,9H,2,5-7H2,1H3,(H,18,19)(H,20,22)/t9-/m1/s1. The average Bonchev–Trinajstić information content (AvgIpc) is 3.10. The van der Waals surface area contributed by atoms with Crippen molar-refractivity contribution < 1.29 is 18.3 Å². The molecule has 2 aromatic rings. The Hall–Kier alpha value is -2.00.